The van der Waals surface area contributed by atoms with Crippen molar-refractivity contribution in [1.29, 1.82) is 0 Å². The number of ether oxygens (including phenoxy) is 1. The molecule has 8 nitrogen and oxygen atoms in total. The van der Waals surface area contributed by atoms with Crippen molar-refractivity contribution in [2.45, 2.75) is 37.4 Å². The molecule has 0 saturated carbocycles. The number of nitrogens with zero attached hydrogens (tertiary/aromatic N) is 3. The van der Waals surface area contributed by atoms with Crippen LogP contribution in [0.5, 0.6) is 5.75 Å². The molecule has 3 rings (SSSR count). The fourth-order valence-electron chi connectivity index (χ4n) is 3.08. The molecule has 0 atom stereocenters. The van der Waals surface area contributed by atoms with Crippen molar-refractivity contribution in [1.82, 2.24) is 14.1 Å². The first kappa shape index (κ1) is 22.1. The number of benzene rings is 1. The Balaban J connectivity index is 1.79. The predicted octanol–water partition coefficient (Wildman–Crippen LogP) is 2.72. The molecule has 1 aromatic heterocycles. The van der Waals surface area contributed by atoms with E-state index >= 15 is 0 Å². The van der Waals surface area contributed by atoms with E-state index in [-0.39, 0.29) is 22.9 Å². The minimum absolute atomic E-state index is 0.0671. The lowest BCUT2D eigenvalue weighted by atomic mass is 10.3. The molecule has 2 heterocycles. The van der Waals surface area contributed by atoms with Crippen molar-refractivity contribution in [3.8, 4) is 5.75 Å². The maximum absolute atomic E-state index is 13.0. The first-order valence-corrected chi connectivity index (χ1v) is 10.7. The van der Waals surface area contributed by atoms with Gasteiger partial charge in [0.15, 0.2) is 5.69 Å². The van der Waals surface area contributed by atoms with Crippen LogP contribution in [0.3, 0.4) is 0 Å². The lowest BCUT2D eigenvalue weighted by Gasteiger charge is -2.19. The van der Waals surface area contributed by atoms with Crippen molar-refractivity contribution in [3.05, 3.63) is 36.2 Å². The zero-order chi connectivity index (χ0) is 21.9. The molecule has 1 aliphatic rings. The van der Waals surface area contributed by atoms with Crippen LogP contribution in [0.25, 0.3) is 0 Å². The average molecular weight is 446 g/mol. The number of aromatic nitrogens is 2. The number of hydrogen-bond donors (Lipinski definition) is 1. The number of anilines is 1. The van der Waals surface area contributed by atoms with Gasteiger partial charge in [0.25, 0.3) is 0 Å². The molecule has 0 unspecified atom stereocenters. The van der Waals surface area contributed by atoms with Gasteiger partial charge in [-0.15, -0.1) is 0 Å². The summed E-state index contributed by atoms with van der Waals surface area (Å²) < 4.78 is 71.5. The van der Waals surface area contributed by atoms with Gasteiger partial charge >= 0.3 is 6.18 Å². The number of alkyl halides is 3. The van der Waals surface area contributed by atoms with Gasteiger partial charge in [-0.3, -0.25) is 9.48 Å². The van der Waals surface area contributed by atoms with Gasteiger partial charge in [-0.1, -0.05) is 0 Å². The van der Waals surface area contributed by atoms with Crippen LogP contribution in [0.15, 0.2) is 35.4 Å². The number of amides is 1. The van der Waals surface area contributed by atoms with E-state index in [1.165, 1.54) is 22.5 Å². The van der Waals surface area contributed by atoms with Crippen LogP contribution in [0.1, 0.15) is 25.5 Å². The van der Waals surface area contributed by atoms with Crippen LogP contribution in [0.4, 0.5) is 18.9 Å². The molecule has 1 fully saturated rings. The number of rotatable bonds is 7. The van der Waals surface area contributed by atoms with Gasteiger partial charge in [0.05, 0.1) is 6.61 Å². The fraction of sp³-hybridized carbons (Fsp3) is 0.444. The van der Waals surface area contributed by atoms with Crippen molar-refractivity contribution < 1.29 is 31.1 Å². The molecule has 1 amide bonds. The Labute approximate surface area is 171 Å². The van der Waals surface area contributed by atoms with E-state index in [1.54, 1.807) is 6.92 Å². The van der Waals surface area contributed by atoms with Gasteiger partial charge in [-0.05, 0) is 44.0 Å². The predicted molar refractivity (Wildman–Crippen MR) is 101 cm³/mol. The highest BCUT2D eigenvalue weighted by atomic mass is 32.2. The Kier molecular flexibility index (Phi) is 6.36. The zero-order valence-electron chi connectivity index (χ0n) is 16.1. The van der Waals surface area contributed by atoms with E-state index in [1.807, 2.05) is 0 Å². The molecular weight excluding hydrogens is 425 g/mol. The quantitative estimate of drug-likeness (QED) is 0.706. The van der Waals surface area contributed by atoms with Gasteiger partial charge in [0.2, 0.25) is 15.9 Å². The zero-order valence-corrected chi connectivity index (χ0v) is 17.0. The molecule has 30 heavy (non-hydrogen) atoms. The average Bonchev–Trinajstić information content (AvgIpc) is 3.34. The lowest BCUT2D eigenvalue weighted by molar-refractivity contribution is -0.141. The number of carbonyl (C=O) groups is 1. The van der Waals surface area contributed by atoms with Gasteiger partial charge in [0, 0.05) is 25.0 Å². The second-order valence-electron chi connectivity index (χ2n) is 6.65. The van der Waals surface area contributed by atoms with Gasteiger partial charge in [0.1, 0.15) is 17.2 Å². The molecular formula is C18H21F3N4O4S. The highest BCUT2D eigenvalue weighted by Crippen LogP contribution is 2.32. The minimum atomic E-state index is -4.60. The third kappa shape index (κ3) is 4.93. The van der Waals surface area contributed by atoms with Crippen molar-refractivity contribution in [3.63, 3.8) is 0 Å². The molecule has 1 saturated heterocycles. The Morgan fingerprint density at radius 3 is 2.53 bits per heavy atom. The SMILES string of the molecule is CCOc1ccc(NC(=O)Cn2ccc(C(F)(F)F)n2)cc1S(=O)(=O)N1CCCC1. The number of sulfonamides is 1. The Bertz CT molecular complexity index is 1010. The van der Waals surface area contributed by atoms with Crippen LogP contribution in [-0.2, 0) is 27.5 Å². The summed E-state index contributed by atoms with van der Waals surface area (Å²) in [6.07, 6.45) is -2.02. The topological polar surface area (TPSA) is 93.5 Å². The summed E-state index contributed by atoms with van der Waals surface area (Å²) in [5.74, 6) is -0.482. The number of nitrogens with one attached hydrogen (secondary N) is 1. The molecule has 2 aromatic rings. The Morgan fingerprint density at radius 1 is 1.23 bits per heavy atom. The smallest absolute Gasteiger partial charge is 0.435 e. The standard InChI is InChI=1S/C18H21F3N4O4S/c1-2-29-14-6-5-13(11-15(14)30(27,28)25-8-3-4-9-25)22-17(26)12-24-10-7-16(23-24)18(19,20)21/h5-7,10-11H,2-4,8-9,12H2,1H3,(H,22,26). The van der Waals surface area contributed by atoms with Crippen LogP contribution >= 0.6 is 0 Å². The maximum Gasteiger partial charge on any atom is 0.435 e. The van der Waals surface area contributed by atoms with Crippen molar-refractivity contribution in [2.75, 3.05) is 25.0 Å². The fourth-order valence-corrected chi connectivity index (χ4v) is 4.75. The second kappa shape index (κ2) is 8.64. The van der Waals surface area contributed by atoms with E-state index in [9.17, 15) is 26.4 Å². The number of halogens is 3. The monoisotopic (exact) mass is 446 g/mol. The minimum Gasteiger partial charge on any atom is -0.492 e. The van der Waals surface area contributed by atoms with E-state index < -0.39 is 34.3 Å². The van der Waals surface area contributed by atoms with Gasteiger partial charge in [-0.25, -0.2) is 8.42 Å². The van der Waals surface area contributed by atoms with Gasteiger partial charge < -0.3 is 10.1 Å². The first-order chi connectivity index (χ1) is 14.1. The highest BCUT2D eigenvalue weighted by molar-refractivity contribution is 7.89. The molecule has 0 radical (unpaired) electrons. The third-order valence-corrected chi connectivity index (χ3v) is 6.37. The van der Waals surface area contributed by atoms with E-state index in [0.29, 0.717) is 13.1 Å². The molecule has 1 aromatic carbocycles. The van der Waals surface area contributed by atoms with E-state index in [2.05, 4.69) is 10.4 Å². The van der Waals surface area contributed by atoms with Gasteiger partial charge in [-0.2, -0.15) is 22.6 Å². The van der Waals surface area contributed by atoms with Crippen LogP contribution in [-0.4, -0.2) is 48.1 Å². The third-order valence-electron chi connectivity index (χ3n) is 4.45. The molecule has 1 N–H and O–H groups in total. The van der Waals surface area contributed by atoms with E-state index in [0.717, 1.165) is 29.8 Å². The molecule has 0 aliphatic carbocycles. The highest BCUT2D eigenvalue weighted by Gasteiger charge is 2.34. The summed E-state index contributed by atoms with van der Waals surface area (Å²) in [6.45, 7) is 2.34. The van der Waals surface area contributed by atoms with Crippen molar-refractivity contribution in [2.24, 2.45) is 0 Å². The normalized spacial score (nSPS) is 15.3. The first-order valence-electron chi connectivity index (χ1n) is 9.29. The molecule has 0 spiro atoms. The Morgan fingerprint density at radius 2 is 1.93 bits per heavy atom. The summed E-state index contributed by atoms with van der Waals surface area (Å²) in [4.78, 5) is 12.2. The summed E-state index contributed by atoms with van der Waals surface area (Å²) in [7, 11) is -3.81. The van der Waals surface area contributed by atoms with Crippen LogP contribution < -0.4 is 10.1 Å². The molecule has 12 heteroatoms. The summed E-state index contributed by atoms with van der Waals surface area (Å²) in [6, 6.07) is 4.97. The summed E-state index contributed by atoms with van der Waals surface area (Å²) in [5.41, 5.74) is -0.917. The molecule has 0 bridgehead atoms. The number of hydrogen-bond acceptors (Lipinski definition) is 5. The Hall–Kier alpha value is -2.60. The maximum atomic E-state index is 13.0. The van der Waals surface area contributed by atoms with Crippen LogP contribution in [0.2, 0.25) is 0 Å². The lowest BCUT2D eigenvalue weighted by Crippen LogP contribution is -2.28. The largest absolute Gasteiger partial charge is 0.492 e. The summed E-state index contributed by atoms with van der Waals surface area (Å²) >= 11 is 0. The number of carbonyl (C=O) groups excluding carboxylic acids is 1. The summed E-state index contributed by atoms with van der Waals surface area (Å²) in [5, 5.41) is 5.81. The second-order valence-corrected chi connectivity index (χ2v) is 8.56. The van der Waals surface area contributed by atoms with E-state index in [4.69, 9.17) is 4.74 Å². The molecule has 1 aliphatic heterocycles. The molecule has 164 valence electrons. The van der Waals surface area contributed by atoms with Crippen molar-refractivity contribution >= 4 is 21.6 Å². The van der Waals surface area contributed by atoms with Crippen LogP contribution in [0, 0.1) is 0 Å².